The largest absolute Gasteiger partial charge is 0.390 e. The quantitative estimate of drug-likeness (QED) is 0.773. The van der Waals surface area contributed by atoms with Gasteiger partial charge in [-0.2, -0.15) is 18.4 Å². The maximum absolute atomic E-state index is 12.2. The first kappa shape index (κ1) is 19.4. The minimum atomic E-state index is -4.51. The van der Waals surface area contributed by atoms with Gasteiger partial charge in [-0.05, 0) is 18.9 Å². The molecule has 7 nitrogen and oxygen atoms in total. The SMILES string of the molecule is CN(c1c(C#N)cnc2[nH]ccc12)[C@H]1C[C@@H](NS(=O)(=O)CCC(F)(F)F)C1. The van der Waals surface area contributed by atoms with Gasteiger partial charge >= 0.3 is 6.18 Å². The summed E-state index contributed by atoms with van der Waals surface area (Å²) < 4.78 is 62.5. The first-order chi connectivity index (χ1) is 12.6. The fourth-order valence-corrected chi connectivity index (χ4v) is 4.52. The molecule has 11 heteroatoms. The van der Waals surface area contributed by atoms with Crippen molar-refractivity contribution in [3.8, 4) is 6.07 Å². The van der Waals surface area contributed by atoms with E-state index in [4.69, 9.17) is 0 Å². The standard InChI is InChI=1S/C16H18F3N5O2S/c1-24(14-10(8-20)9-22-15-13(14)2-4-21-15)12-6-11(7-12)23-27(25,26)5-3-16(17,18)19/h2,4,9,11-12,23H,3,5-7H2,1H3,(H,21,22)/t11-,12+. The maximum Gasteiger partial charge on any atom is 0.390 e. The highest BCUT2D eigenvalue weighted by atomic mass is 32.2. The molecule has 1 saturated carbocycles. The van der Waals surface area contributed by atoms with Crippen LogP contribution in [-0.2, 0) is 10.0 Å². The molecule has 1 fully saturated rings. The summed E-state index contributed by atoms with van der Waals surface area (Å²) in [5.74, 6) is -0.972. The predicted octanol–water partition coefficient (Wildman–Crippen LogP) is 2.27. The molecule has 0 spiro atoms. The number of halogens is 3. The Labute approximate surface area is 154 Å². The smallest absolute Gasteiger partial charge is 0.370 e. The van der Waals surface area contributed by atoms with E-state index in [-0.39, 0.29) is 6.04 Å². The van der Waals surface area contributed by atoms with Crippen LogP contribution >= 0.6 is 0 Å². The van der Waals surface area contributed by atoms with E-state index in [0.29, 0.717) is 29.7 Å². The van der Waals surface area contributed by atoms with Gasteiger partial charge < -0.3 is 9.88 Å². The first-order valence-electron chi connectivity index (χ1n) is 8.25. The van der Waals surface area contributed by atoms with Crippen molar-refractivity contribution in [2.75, 3.05) is 17.7 Å². The zero-order valence-electron chi connectivity index (χ0n) is 14.4. The van der Waals surface area contributed by atoms with E-state index in [1.54, 1.807) is 6.20 Å². The molecule has 1 aliphatic carbocycles. The van der Waals surface area contributed by atoms with Crippen LogP contribution in [0.25, 0.3) is 11.0 Å². The molecular weight excluding hydrogens is 383 g/mol. The molecule has 2 aromatic rings. The highest BCUT2D eigenvalue weighted by Gasteiger charge is 2.37. The number of aromatic nitrogens is 2. The second kappa shape index (κ2) is 7.01. The number of nitrogens with one attached hydrogen (secondary N) is 2. The Hall–Kier alpha value is -2.32. The van der Waals surface area contributed by atoms with E-state index in [0.717, 1.165) is 5.39 Å². The summed E-state index contributed by atoms with van der Waals surface area (Å²) in [6.45, 7) is 0. The van der Waals surface area contributed by atoms with Gasteiger partial charge in [0.25, 0.3) is 0 Å². The number of H-pyrrole nitrogens is 1. The molecule has 146 valence electrons. The topological polar surface area (TPSA) is 102 Å². The number of hydrogen-bond acceptors (Lipinski definition) is 5. The van der Waals surface area contributed by atoms with E-state index in [1.165, 1.54) is 6.20 Å². The molecular formula is C16H18F3N5O2S. The number of rotatable bonds is 6. The minimum absolute atomic E-state index is 0.0343. The maximum atomic E-state index is 12.2. The number of nitrogens with zero attached hydrogens (tertiary/aromatic N) is 3. The van der Waals surface area contributed by atoms with Crippen molar-refractivity contribution in [3.05, 3.63) is 24.0 Å². The summed E-state index contributed by atoms with van der Waals surface area (Å²) in [6, 6.07) is 3.47. The Kier molecular flexibility index (Phi) is 5.05. The van der Waals surface area contributed by atoms with Crippen LogP contribution < -0.4 is 9.62 Å². The molecule has 0 saturated heterocycles. The molecule has 2 heterocycles. The van der Waals surface area contributed by atoms with Crippen LogP contribution in [0, 0.1) is 11.3 Å². The summed E-state index contributed by atoms with van der Waals surface area (Å²) in [5, 5.41) is 10.1. The van der Waals surface area contributed by atoms with Crippen LogP contribution in [0.2, 0.25) is 0 Å². The Bertz CT molecular complexity index is 974. The van der Waals surface area contributed by atoms with Crippen molar-refractivity contribution in [1.29, 1.82) is 5.26 Å². The molecule has 2 aromatic heterocycles. The number of hydrogen-bond donors (Lipinski definition) is 2. The lowest BCUT2D eigenvalue weighted by atomic mass is 9.86. The highest BCUT2D eigenvalue weighted by molar-refractivity contribution is 7.89. The normalized spacial score (nSPS) is 20.3. The van der Waals surface area contributed by atoms with Gasteiger partial charge in [0.05, 0.1) is 23.4 Å². The monoisotopic (exact) mass is 401 g/mol. The number of sulfonamides is 1. The summed E-state index contributed by atoms with van der Waals surface area (Å²) in [4.78, 5) is 9.05. The van der Waals surface area contributed by atoms with Crippen molar-refractivity contribution >= 4 is 26.7 Å². The van der Waals surface area contributed by atoms with E-state index >= 15 is 0 Å². The van der Waals surface area contributed by atoms with Crippen molar-refractivity contribution in [2.45, 2.75) is 37.5 Å². The molecule has 0 aromatic carbocycles. The number of fused-ring (bicyclic) bond motifs is 1. The summed E-state index contributed by atoms with van der Waals surface area (Å²) in [7, 11) is -2.18. The van der Waals surface area contributed by atoms with Crippen LogP contribution in [0.15, 0.2) is 18.5 Å². The minimum Gasteiger partial charge on any atom is -0.370 e. The van der Waals surface area contributed by atoms with Gasteiger partial charge in [0.15, 0.2) is 0 Å². The third-order valence-electron chi connectivity index (χ3n) is 4.69. The molecule has 0 radical (unpaired) electrons. The van der Waals surface area contributed by atoms with Gasteiger partial charge in [-0.3, -0.25) is 0 Å². The average molecular weight is 401 g/mol. The summed E-state index contributed by atoms with van der Waals surface area (Å²) in [5.41, 5.74) is 1.74. The zero-order chi connectivity index (χ0) is 19.8. The lowest BCUT2D eigenvalue weighted by Crippen LogP contribution is -2.53. The predicted molar refractivity (Wildman–Crippen MR) is 93.6 cm³/mol. The van der Waals surface area contributed by atoms with E-state index in [1.807, 2.05) is 18.0 Å². The number of pyridine rings is 1. The molecule has 2 N–H and O–H groups in total. The third kappa shape index (κ3) is 4.33. The van der Waals surface area contributed by atoms with Gasteiger partial charge in [0, 0.05) is 36.9 Å². The van der Waals surface area contributed by atoms with Gasteiger partial charge in [-0.25, -0.2) is 18.1 Å². The molecule has 0 aliphatic heterocycles. The van der Waals surface area contributed by atoms with Crippen molar-refractivity contribution in [3.63, 3.8) is 0 Å². The van der Waals surface area contributed by atoms with Crippen LogP contribution in [0.1, 0.15) is 24.8 Å². The fourth-order valence-electron chi connectivity index (χ4n) is 3.20. The number of anilines is 1. The van der Waals surface area contributed by atoms with Crippen LogP contribution in [-0.4, -0.2) is 49.4 Å². The summed E-state index contributed by atoms with van der Waals surface area (Å²) in [6.07, 6.45) is -1.79. The van der Waals surface area contributed by atoms with E-state index < -0.39 is 34.4 Å². The zero-order valence-corrected chi connectivity index (χ0v) is 15.2. The van der Waals surface area contributed by atoms with E-state index in [9.17, 15) is 26.9 Å². The highest BCUT2D eigenvalue weighted by Crippen LogP contribution is 2.35. The second-order valence-corrected chi connectivity index (χ2v) is 8.48. The van der Waals surface area contributed by atoms with Gasteiger partial charge in [0.2, 0.25) is 10.0 Å². The van der Waals surface area contributed by atoms with Crippen molar-refractivity contribution < 1.29 is 21.6 Å². The molecule has 0 atom stereocenters. The van der Waals surface area contributed by atoms with Crippen LogP contribution in [0.3, 0.4) is 0 Å². The Morgan fingerprint density at radius 3 is 2.78 bits per heavy atom. The Morgan fingerprint density at radius 1 is 1.44 bits per heavy atom. The number of aromatic amines is 1. The molecule has 0 unspecified atom stereocenters. The fraction of sp³-hybridized carbons (Fsp3) is 0.500. The first-order valence-corrected chi connectivity index (χ1v) is 9.90. The van der Waals surface area contributed by atoms with Crippen LogP contribution in [0.4, 0.5) is 18.9 Å². The molecule has 3 rings (SSSR count). The Morgan fingerprint density at radius 2 is 2.15 bits per heavy atom. The molecule has 1 aliphatic rings. The molecule has 0 amide bonds. The molecule has 0 bridgehead atoms. The Balaban J connectivity index is 1.65. The van der Waals surface area contributed by atoms with Crippen molar-refractivity contribution in [1.82, 2.24) is 14.7 Å². The van der Waals surface area contributed by atoms with Gasteiger partial charge in [0.1, 0.15) is 11.7 Å². The van der Waals surface area contributed by atoms with E-state index in [2.05, 4.69) is 20.8 Å². The number of alkyl halides is 3. The lowest BCUT2D eigenvalue weighted by molar-refractivity contribution is -0.130. The second-order valence-electron chi connectivity index (χ2n) is 6.61. The lowest BCUT2D eigenvalue weighted by Gasteiger charge is -2.42. The van der Waals surface area contributed by atoms with Crippen LogP contribution in [0.5, 0.6) is 0 Å². The average Bonchev–Trinajstić information content (AvgIpc) is 3.02. The van der Waals surface area contributed by atoms with Crippen molar-refractivity contribution in [2.24, 2.45) is 0 Å². The molecule has 27 heavy (non-hydrogen) atoms. The third-order valence-corrected chi connectivity index (χ3v) is 6.13. The van der Waals surface area contributed by atoms with Gasteiger partial charge in [-0.1, -0.05) is 0 Å². The summed E-state index contributed by atoms with van der Waals surface area (Å²) >= 11 is 0. The number of nitriles is 1. The van der Waals surface area contributed by atoms with Gasteiger partial charge in [-0.15, -0.1) is 0 Å².